The van der Waals surface area contributed by atoms with Crippen LogP contribution >= 0.6 is 0 Å². The lowest BCUT2D eigenvalue weighted by Crippen LogP contribution is -2.42. The van der Waals surface area contributed by atoms with Crippen molar-refractivity contribution >= 4 is 11.4 Å². The van der Waals surface area contributed by atoms with E-state index in [2.05, 4.69) is 5.32 Å². The Labute approximate surface area is 124 Å². The molecule has 1 aromatic carbocycles. The van der Waals surface area contributed by atoms with Gasteiger partial charge >= 0.3 is 5.69 Å². The molecular weight excluding hydrogens is 270 g/mol. The van der Waals surface area contributed by atoms with Crippen molar-refractivity contribution in [1.29, 1.82) is 0 Å². The topological polar surface area (TPSA) is 90.4 Å². The summed E-state index contributed by atoms with van der Waals surface area (Å²) in [5.41, 5.74) is 6.61. The van der Waals surface area contributed by atoms with Crippen LogP contribution in [0.4, 0.5) is 11.4 Å². The van der Waals surface area contributed by atoms with Gasteiger partial charge in [-0.05, 0) is 31.4 Å². The normalized spacial score (nSPS) is 21.8. The number of para-hydroxylation sites is 1. The zero-order valence-electron chi connectivity index (χ0n) is 12.4. The van der Waals surface area contributed by atoms with E-state index < -0.39 is 0 Å². The number of nitrogens with one attached hydrogen (secondary N) is 1. The van der Waals surface area contributed by atoms with E-state index in [1.807, 2.05) is 6.92 Å². The van der Waals surface area contributed by atoms with Gasteiger partial charge in [0.2, 0.25) is 0 Å². The third kappa shape index (κ3) is 3.85. The van der Waals surface area contributed by atoms with Crippen molar-refractivity contribution in [2.24, 2.45) is 5.73 Å². The lowest BCUT2D eigenvalue weighted by Gasteiger charge is -2.30. The van der Waals surface area contributed by atoms with E-state index in [9.17, 15) is 10.1 Å². The molecule has 6 nitrogen and oxygen atoms in total. The number of hydrogen-bond acceptors (Lipinski definition) is 5. The first-order valence-electron chi connectivity index (χ1n) is 7.55. The van der Waals surface area contributed by atoms with Crippen molar-refractivity contribution in [3.05, 3.63) is 28.3 Å². The second-order valence-electron chi connectivity index (χ2n) is 5.46. The predicted octanol–water partition coefficient (Wildman–Crippen LogP) is 3.07. The minimum atomic E-state index is -0.387. The van der Waals surface area contributed by atoms with Gasteiger partial charge in [-0.2, -0.15) is 0 Å². The molecule has 0 saturated heterocycles. The largest absolute Gasteiger partial charge is 0.487 e. The smallest absolute Gasteiger partial charge is 0.333 e. The molecule has 2 rings (SSSR count). The molecule has 0 aliphatic heterocycles. The predicted molar refractivity (Wildman–Crippen MR) is 82.7 cm³/mol. The van der Waals surface area contributed by atoms with E-state index >= 15 is 0 Å². The Morgan fingerprint density at radius 1 is 1.43 bits per heavy atom. The van der Waals surface area contributed by atoms with Gasteiger partial charge in [-0.3, -0.25) is 10.1 Å². The molecule has 1 fully saturated rings. The van der Waals surface area contributed by atoms with E-state index in [0.29, 0.717) is 18.0 Å². The molecule has 2 unspecified atom stereocenters. The average molecular weight is 293 g/mol. The molecule has 0 amide bonds. The van der Waals surface area contributed by atoms with E-state index in [0.717, 1.165) is 32.1 Å². The Morgan fingerprint density at radius 2 is 2.19 bits per heavy atom. The number of nitrogens with two attached hydrogens (primary N) is 1. The maximum atomic E-state index is 11.4. The first-order valence-corrected chi connectivity index (χ1v) is 7.55. The summed E-state index contributed by atoms with van der Waals surface area (Å²) in [6, 6.07) is 5.25. The molecule has 0 spiro atoms. The number of hydrogen-bond donors (Lipinski definition) is 2. The highest BCUT2D eigenvalue weighted by molar-refractivity contribution is 5.68. The maximum Gasteiger partial charge on any atom is 0.333 e. The first kappa shape index (κ1) is 15.6. The van der Waals surface area contributed by atoms with Crippen LogP contribution in [0.25, 0.3) is 0 Å². The lowest BCUT2D eigenvalue weighted by atomic mass is 9.91. The minimum absolute atomic E-state index is 0.00345. The summed E-state index contributed by atoms with van der Waals surface area (Å²) in [6.45, 7) is 2.43. The van der Waals surface area contributed by atoms with Crippen LogP contribution in [0.5, 0.6) is 5.75 Å². The van der Waals surface area contributed by atoms with Crippen molar-refractivity contribution in [2.75, 3.05) is 11.9 Å². The van der Waals surface area contributed by atoms with E-state index in [1.165, 1.54) is 0 Å². The molecule has 0 aromatic heterocycles. The van der Waals surface area contributed by atoms with Gasteiger partial charge < -0.3 is 15.8 Å². The van der Waals surface area contributed by atoms with Gasteiger partial charge in [-0.25, -0.2) is 0 Å². The molecule has 2 atom stereocenters. The summed E-state index contributed by atoms with van der Waals surface area (Å²) in [4.78, 5) is 11.0. The molecule has 116 valence electrons. The second kappa shape index (κ2) is 7.26. The number of rotatable bonds is 6. The number of nitrogens with zero attached hydrogens (tertiary/aromatic N) is 1. The van der Waals surface area contributed by atoms with E-state index in [-0.39, 0.29) is 22.7 Å². The molecule has 1 aliphatic carbocycles. The maximum absolute atomic E-state index is 11.4. The zero-order valence-corrected chi connectivity index (χ0v) is 12.4. The Balaban J connectivity index is 2.23. The zero-order chi connectivity index (χ0) is 15.2. The number of ether oxygens (including phenoxy) is 1. The monoisotopic (exact) mass is 293 g/mol. The van der Waals surface area contributed by atoms with Crippen LogP contribution < -0.4 is 15.8 Å². The highest BCUT2D eigenvalue weighted by Gasteiger charge is 2.26. The standard InChI is InChI=1S/C15H23N3O3/c1-2-10-21-14-9-5-8-13(15(14)18(19)20)17-12-7-4-3-6-11(12)16/h5,8-9,11-12,17H,2-4,6-7,10,16H2,1H3. The molecule has 0 bridgehead atoms. The van der Waals surface area contributed by atoms with Crippen LogP contribution in [-0.4, -0.2) is 23.6 Å². The third-order valence-electron chi connectivity index (χ3n) is 3.80. The molecule has 6 heteroatoms. The summed E-state index contributed by atoms with van der Waals surface area (Å²) in [5.74, 6) is 0.316. The highest BCUT2D eigenvalue weighted by Crippen LogP contribution is 2.36. The fraction of sp³-hybridized carbons (Fsp3) is 0.600. The SMILES string of the molecule is CCCOc1cccc(NC2CCCCC2N)c1[N+](=O)[O-]. The van der Waals surface area contributed by atoms with Crippen LogP contribution in [-0.2, 0) is 0 Å². The molecule has 0 heterocycles. The Morgan fingerprint density at radius 3 is 2.86 bits per heavy atom. The van der Waals surface area contributed by atoms with Gasteiger partial charge in [0.05, 0.1) is 11.5 Å². The van der Waals surface area contributed by atoms with Gasteiger partial charge in [0.25, 0.3) is 0 Å². The van der Waals surface area contributed by atoms with Crippen LogP contribution in [0.3, 0.4) is 0 Å². The van der Waals surface area contributed by atoms with Crippen LogP contribution in [0.1, 0.15) is 39.0 Å². The summed E-state index contributed by atoms with van der Waals surface area (Å²) in [6.07, 6.45) is 4.93. The molecule has 1 aliphatic rings. The average Bonchev–Trinajstić information content (AvgIpc) is 2.47. The fourth-order valence-electron chi connectivity index (χ4n) is 2.69. The Hall–Kier alpha value is -1.82. The molecule has 21 heavy (non-hydrogen) atoms. The number of anilines is 1. The van der Waals surface area contributed by atoms with Crippen LogP contribution in [0.15, 0.2) is 18.2 Å². The van der Waals surface area contributed by atoms with E-state index in [1.54, 1.807) is 18.2 Å². The summed E-state index contributed by atoms with van der Waals surface area (Å²) in [5, 5.41) is 14.6. The van der Waals surface area contributed by atoms with Crippen LogP contribution in [0.2, 0.25) is 0 Å². The Kier molecular flexibility index (Phi) is 5.38. The summed E-state index contributed by atoms with van der Waals surface area (Å²) < 4.78 is 5.49. The van der Waals surface area contributed by atoms with Gasteiger partial charge in [0.15, 0.2) is 5.75 Å². The molecule has 1 aromatic rings. The number of nitro benzene ring substituents is 1. The highest BCUT2D eigenvalue weighted by atomic mass is 16.6. The molecule has 1 saturated carbocycles. The molecule has 0 radical (unpaired) electrons. The quantitative estimate of drug-likeness (QED) is 0.621. The van der Waals surface area contributed by atoms with Crippen LogP contribution in [0, 0.1) is 10.1 Å². The van der Waals surface area contributed by atoms with Crippen molar-refractivity contribution in [3.63, 3.8) is 0 Å². The van der Waals surface area contributed by atoms with Gasteiger partial charge in [0.1, 0.15) is 5.69 Å². The molecule has 3 N–H and O–H groups in total. The molecular formula is C15H23N3O3. The number of benzene rings is 1. The fourth-order valence-corrected chi connectivity index (χ4v) is 2.69. The minimum Gasteiger partial charge on any atom is -0.487 e. The van der Waals surface area contributed by atoms with Crippen molar-refractivity contribution < 1.29 is 9.66 Å². The Bertz CT molecular complexity index is 493. The van der Waals surface area contributed by atoms with E-state index in [4.69, 9.17) is 10.5 Å². The lowest BCUT2D eigenvalue weighted by molar-refractivity contribution is -0.385. The summed E-state index contributed by atoms with van der Waals surface area (Å²) >= 11 is 0. The first-order chi connectivity index (χ1) is 10.1. The summed E-state index contributed by atoms with van der Waals surface area (Å²) in [7, 11) is 0. The van der Waals surface area contributed by atoms with Crippen molar-refractivity contribution in [1.82, 2.24) is 0 Å². The van der Waals surface area contributed by atoms with Crippen molar-refractivity contribution in [3.8, 4) is 5.75 Å². The van der Waals surface area contributed by atoms with Crippen molar-refractivity contribution in [2.45, 2.75) is 51.1 Å². The van der Waals surface area contributed by atoms with Gasteiger partial charge in [-0.15, -0.1) is 0 Å². The van der Waals surface area contributed by atoms with Gasteiger partial charge in [-0.1, -0.05) is 25.8 Å². The van der Waals surface area contributed by atoms with Gasteiger partial charge in [0, 0.05) is 12.1 Å². The number of nitro groups is 1. The second-order valence-corrected chi connectivity index (χ2v) is 5.46. The third-order valence-corrected chi connectivity index (χ3v) is 3.80.